The quantitative estimate of drug-likeness (QED) is 0.681. The molecule has 0 aromatic carbocycles. The van der Waals surface area contributed by atoms with E-state index in [9.17, 15) is 0 Å². The van der Waals surface area contributed by atoms with E-state index in [1.807, 2.05) is 0 Å². The van der Waals surface area contributed by atoms with Crippen molar-refractivity contribution in [3.63, 3.8) is 0 Å². The topological polar surface area (TPSA) is 35.2 Å². The molecule has 2 nitrogen and oxygen atoms in total. The van der Waals surface area contributed by atoms with Gasteiger partial charge in [0, 0.05) is 5.54 Å². The van der Waals surface area contributed by atoms with Crippen LogP contribution in [0.1, 0.15) is 51.4 Å². The molecule has 0 radical (unpaired) electrons. The maximum absolute atomic E-state index is 5.98. The molecule has 2 rings (SSSR count). The van der Waals surface area contributed by atoms with Gasteiger partial charge in [0.2, 0.25) is 0 Å². The van der Waals surface area contributed by atoms with Gasteiger partial charge in [-0.1, -0.05) is 25.7 Å². The summed E-state index contributed by atoms with van der Waals surface area (Å²) in [5, 5.41) is 0. The summed E-state index contributed by atoms with van der Waals surface area (Å²) in [4.78, 5) is 0. The van der Waals surface area contributed by atoms with E-state index in [1.54, 1.807) is 0 Å². The predicted octanol–water partition coefficient (Wildman–Crippen LogP) is 2.22. The number of rotatable bonds is 3. The van der Waals surface area contributed by atoms with Crippen LogP contribution in [0, 0.1) is 0 Å². The Labute approximate surface area is 80.8 Å². The van der Waals surface area contributed by atoms with Crippen LogP contribution in [0.4, 0.5) is 0 Å². The van der Waals surface area contributed by atoms with Crippen LogP contribution in [0.3, 0.4) is 0 Å². The molecule has 0 aliphatic heterocycles. The Morgan fingerprint density at radius 2 is 1.69 bits per heavy atom. The molecule has 0 spiro atoms. The molecular weight excluding hydrogens is 162 g/mol. The van der Waals surface area contributed by atoms with Gasteiger partial charge in [0.15, 0.2) is 0 Å². The van der Waals surface area contributed by atoms with Gasteiger partial charge in [-0.05, 0) is 25.7 Å². The van der Waals surface area contributed by atoms with Crippen LogP contribution < -0.4 is 5.73 Å². The summed E-state index contributed by atoms with van der Waals surface area (Å²) in [7, 11) is 0. The summed E-state index contributed by atoms with van der Waals surface area (Å²) in [5.41, 5.74) is 6.05. The molecule has 0 aromatic rings. The zero-order valence-electron chi connectivity index (χ0n) is 8.43. The molecule has 2 aliphatic rings. The lowest BCUT2D eigenvalue weighted by Crippen LogP contribution is -2.30. The molecule has 2 saturated carbocycles. The van der Waals surface area contributed by atoms with Gasteiger partial charge in [0.25, 0.3) is 0 Å². The first kappa shape index (κ1) is 9.47. The predicted molar refractivity (Wildman–Crippen MR) is 53.6 cm³/mol. The van der Waals surface area contributed by atoms with E-state index < -0.39 is 0 Å². The molecule has 0 heterocycles. The monoisotopic (exact) mass is 183 g/mol. The second kappa shape index (κ2) is 3.97. The summed E-state index contributed by atoms with van der Waals surface area (Å²) < 4.78 is 5.86. The van der Waals surface area contributed by atoms with Crippen LogP contribution in [0.25, 0.3) is 0 Å². The van der Waals surface area contributed by atoms with Crippen LogP contribution in [0.2, 0.25) is 0 Å². The average molecular weight is 183 g/mol. The van der Waals surface area contributed by atoms with Crippen molar-refractivity contribution in [2.45, 2.75) is 63.0 Å². The zero-order chi connectivity index (χ0) is 9.15. The molecule has 0 saturated heterocycles. The third-order valence-corrected chi connectivity index (χ3v) is 3.30. The average Bonchev–Trinajstić information content (AvgIpc) is 2.87. The maximum atomic E-state index is 5.98. The second-order valence-corrected chi connectivity index (χ2v) is 4.79. The van der Waals surface area contributed by atoms with Gasteiger partial charge < -0.3 is 10.5 Å². The highest BCUT2D eigenvalue weighted by molar-refractivity contribution is 4.98. The smallest absolute Gasteiger partial charge is 0.0649 e. The van der Waals surface area contributed by atoms with E-state index in [0.717, 1.165) is 6.61 Å². The van der Waals surface area contributed by atoms with E-state index in [0.29, 0.717) is 6.10 Å². The van der Waals surface area contributed by atoms with Gasteiger partial charge in [-0.15, -0.1) is 0 Å². The Hall–Kier alpha value is -0.0800. The fraction of sp³-hybridized carbons (Fsp3) is 1.00. The largest absolute Gasteiger partial charge is 0.376 e. The molecule has 76 valence electrons. The first-order valence-electron chi connectivity index (χ1n) is 5.69. The molecule has 2 N–H and O–H groups in total. The lowest BCUT2D eigenvalue weighted by atomic mass is 10.1. The van der Waals surface area contributed by atoms with Crippen LogP contribution in [-0.4, -0.2) is 18.2 Å². The van der Waals surface area contributed by atoms with Crippen molar-refractivity contribution in [3.05, 3.63) is 0 Å². The Morgan fingerprint density at radius 3 is 2.23 bits per heavy atom. The summed E-state index contributed by atoms with van der Waals surface area (Å²) in [6, 6.07) is 0. The van der Waals surface area contributed by atoms with Crippen molar-refractivity contribution < 1.29 is 4.74 Å². The first-order chi connectivity index (χ1) is 6.29. The van der Waals surface area contributed by atoms with Gasteiger partial charge in [-0.25, -0.2) is 0 Å². The SMILES string of the molecule is NC1(COC2CCCCCC2)CC1. The van der Waals surface area contributed by atoms with Crippen molar-refractivity contribution in [2.24, 2.45) is 5.73 Å². The molecular formula is C11H21NO. The summed E-state index contributed by atoms with van der Waals surface area (Å²) in [5.74, 6) is 0. The number of nitrogens with two attached hydrogens (primary N) is 1. The molecule has 0 amide bonds. The molecule has 2 fully saturated rings. The fourth-order valence-electron chi connectivity index (χ4n) is 2.00. The van der Waals surface area contributed by atoms with E-state index in [-0.39, 0.29) is 5.54 Å². The Balaban J connectivity index is 1.67. The van der Waals surface area contributed by atoms with Gasteiger partial charge in [-0.2, -0.15) is 0 Å². The number of hydrogen-bond acceptors (Lipinski definition) is 2. The minimum Gasteiger partial charge on any atom is -0.376 e. The van der Waals surface area contributed by atoms with Crippen molar-refractivity contribution in [1.29, 1.82) is 0 Å². The second-order valence-electron chi connectivity index (χ2n) is 4.79. The molecule has 2 heteroatoms. The van der Waals surface area contributed by atoms with Gasteiger partial charge in [0.05, 0.1) is 12.7 Å². The van der Waals surface area contributed by atoms with Crippen molar-refractivity contribution in [1.82, 2.24) is 0 Å². The van der Waals surface area contributed by atoms with E-state index in [1.165, 1.54) is 51.4 Å². The Morgan fingerprint density at radius 1 is 1.08 bits per heavy atom. The minimum atomic E-state index is 0.0757. The number of hydrogen-bond donors (Lipinski definition) is 1. The summed E-state index contributed by atoms with van der Waals surface area (Å²) in [6.45, 7) is 0.803. The van der Waals surface area contributed by atoms with Crippen LogP contribution >= 0.6 is 0 Å². The fourth-order valence-corrected chi connectivity index (χ4v) is 2.00. The van der Waals surface area contributed by atoms with E-state index in [4.69, 9.17) is 10.5 Å². The standard InChI is InChI=1S/C11H21NO/c12-11(7-8-11)9-13-10-5-3-1-2-4-6-10/h10H,1-9,12H2. The lowest BCUT2D eigenvalue weighted by Gasteiger charge is -2.18. The third kappa shape index (κ3) is 2.96. The van der Waals surface area contributed by atoms with Crippen molar-refractivity contribution in [3.8, 4) is 0 Å². The highest BCUT2D eigenvalue weighted by atomic mass is 16.5. The molecule has 0 unspecified atom stereocenters. The van der Waals surface area contributed by atoms with Gasteiger partial charge in [0.1, 0.15) is 0 Å². The van der Waals surface area contributed by atoms with Crippen molar-refractivity contribution >= 4 is 0 Å². The first-order valence-corrected chi connectivity index (χ1v) is 5.69. The molecule has 0 atom stereocenters. The van der Waals surface area contributed by atoms with Gasteiger partial charge in [-0.3, -0.25) is 0 Å². The van der Waals surface area contributed by atoms with Crippen molar-refractivity contribution in [2.75, 3.05) is 6.61 Å². The minimum absolute atomic E-state index is 0.0757. The lowest BCUT2D eigenvalue weighted by molar-refractivity contribution is 0.0306. The zero-order valence-corrected chi connectivity index (χ0v) is 8.43. The van der Waals surface area contributed by atoms with Crippen LogP contribution in [0.5, 0.6) is 0 Å². The normalized spacial score (nSPS) is 28.4. The molecule has 0 bridgehead atoms. The van der Waals surface area contributed by atoms with E-state index in [2.05, 4.69) is 0 Å². The van der Waals surface area contributed by atoms with E-state index >= 15 is 0 Å². The highest BCUT2D eigenvalue weighted by Crippen LogP contribution is 2.33. The van der Waals surface area contributed by atoms with Crippen LogP contribution in [0.15, 0.2) is 0 Å². The van der Waals surface area contributed by atoms with Crippen LogP contribution in [-0.2, 0) is 4.74 Å². The summed E-state index contributed by atoms with van der Waals surface area (Å²) >= 11 is 0. The number of ether oxygens (including phenoxy) is 1. The molecule has 13 heavy (non-hydrogen) atoms. The van der Waals surface area contributed by atoms with Gasteiger partial charge >= 0.3 is 0 Å². The third-order valence-electron chi connectivity index (χ3n) is 3.30. The molecule has 0 aromatic heterocycles. The Bertz CT molecular complexity index is 157. The highest BCUT2D eigenvalue weighted by Gasteiger charge is 2.38. The Kier molecular flexibility index (Phi) is 2.89. The molecule has 2 aliphatic carbocycles. The maximum Gasteiger partial charge on any atom is 0.0649 e. The summed E-state index contributed by atoms with van der Waals surface area (Å²) in [6.07, 6.45) is 10.9.